The first-order valence-electron chi connectivity index (χ1n) is 6.91. The molecule has 0 amide bonds. The van der Waals surface area contributed by atoms with Crippen LogP contribution in [-0.4, -0.2) is 30.5 Å². The van der Waals surface area contributed by atoms with Crippen molar-refractivity contribution in [3.05, 3.63) is 70.3 Å². The summed E-state index contributed by atoms with van der Waals surface area (Å²) >= 11 is 6.13. The SMILES string of the molecule is O=C(O)C(NS(=O)(=O)c1cccc([N+](=O)[O-])c1)C(Cl)c1ccccc1. The van der Waals surface area contributed by atoms with Crippen molar-refractivity contribution in [2.24, 2.45) is 0 Å². The molecule has 0 aromatic heterocycles. The first-order chi connectivity index (χ1) is 11.7. The number of aliphatic carboxylic acids is 1. The van der Waals surface area contributed by atoms with Crippen molar-refractivity contribution in [1.82, 2.24) is 4.72 Å². The number of nitro benzene ring substituents is 1. The van der Waals surface area contributed by atoms with E-state index in [4.69, 9.17) is 11.6 Å². The van der Waals surface area contributed by atoms with E-state index in [2.05, 4.69) is 0 Å². The molecule has 0 aliphatic rings. The van der Waals surface area contributed by atoms with Gasteiger partial charge < -0.3 is 5.11 Å². The van der Waals surface area contributed by atoms with E-state index in [0.29, 0.717) is 5.56 Å². The number of hydrogen-bond donors (Lipinski definition) is 2. The van der Waals surface area contributed by atoms with E-state index < -0.39 is 42.9 Å². The van der Waals surface area contributed by atoms with Crippen molar-refractivity contribution in [2.75, 3.05) is 0 Å². The van der Waals surface area contributed by atoms with E-state index >= 15 is 0 Å². The van der Waals surface area contributed by atoms with Gasteiger partial charge in [0.2, 0.25) is 10.0 Å². The van der Waals surface area contributed by atoms with Crippen molar-refractivity contribution in [3.63, 3.8) is 0 Å². The van der Waals surface area contributed by atoms with Gasteiger partial charge in [-0.15, -0.1) is 11.6 Å². The van der Waals surface area contributed by atoms with Crippen LogP contribution in [0, 0.1) is 10.1 Å². The Labute approximate surface area is 148 Å². The highest BCUT2D eigenvalue weighted by Gasteiger charge is 2.33. The van der Waals surface area contributed by atoms with Crippen molar-refractivity contribution in [2.45, 2.75) is 16.3 Å². The molecule has 0 aliphatic carbocycles. The molecule has 2 N–H and O–H groups in total. The number of carboxylic acid groups (broad SMARTS) is 1. The number of sulfonamides is 1. The highest BCUT2D eigenvalue weighted by atomic mass is 35.5. The van der Waals surface area contributed by atoms with Gasteiger partial charge in [-0.05, 0) is 11.6 Å². The van der Waals surface area contributed by atoms with Crippen molar-refractivity contribution in [1.29, 1.82) is 0 Å². The number of hydrogen-bond acceptors (Lipinski definition) is 5. The fourth-order valence-corrected chi connectivity index (χ4v) is 3.70. The molecule has 0 bridgehead atoms. The summed E-state index contributed by atoms with van der Waals surface area (Å²) in [6, 6.07) is 10.7. The minimum atomic E-state index is -4.33. The van der Waals surface area contributed by atoms with Gasteiger partial charge in [-0.1, -0.05) is 36.4 Å². The van der Waals surface area contributed by atoms with Crippen LogP contribution in [0.15, 0.2) is 59.5 Å². The molecular formula is C15H13ClN2O6S. The first kappa shape index (κ1) is 18.8. The third kappa shape index (κ3) is 4.53. The van der Waals surface area contributed by atoms with E-state index in [0.717, 1.165) is 18.2 Å². The molecule has 2 aromatic carbocycles. The van der Waals surface area contributed by atoms with Gasteiger partial charge in [0.25, 0.3) is 5.69 Å². The molecule has 0 spiro atoms. The van der Waals surface area contributed by atoms with Crippen molar-refractivity contribution >= 4 is 33.3 Å². The van der Waals surface area contributed by atoms with Crippen LogP contribution in [0.1, 0.15) is 10.9 Å². The summed E-state index contributed by atoms with van der Waals surface area (Å²) in [4.78, 5) is 21.1. The van der Waals surface area contributed by atoms with Crippen LogP contribution in [0.4, 0.5) is 5.69 Å². The van der Waals surface area contributed by atoms with E-state index in [1.807, 2.05) is 4.72 Å². The number of carbonyl (C=O) groups is 1. The third-order valence-electron chi connectivity index (χ3n) is 3.30. The van der Waals surface area contributed by atoms with Gasteiger partial charge in [-0.3, -0.25) is 14.9 Å². The number of non-ortho nitro benzene ring substituents is 1. The van der Waals surface area contributed by atoms with Crippen LogP contribution in [-0.2, 0) is 14.8 Å². The smallest absolute Gasteiger partial charge is 0.323 e. The molecule has 0 saturated carbocycles. The van der Waals surface area contributed by atoms with E-state index in [1.54, 1.807) is 30.3 Å². The predicted molar refractivity (Wildman–Crippen MR) is 89.9 cm³/mol. The van der Waals surface area contributed by atoms with E-state index in [9.17, 15) is 28.4 Å². The fourth-order valence-electron chi connectivity index (χ4n) is 2.06. The molecule has 25 heavy (non-hydrogen) atoms. The molecule has 2 rings (SSSR count). The van der Waals surface area contributed by atoms with E-state index in [1.165, 1.54) is 6.07 Å². The zero-order valence-electron chi connectivity index (χ0n) is 12.6. The Bertz CT molecular complexity index is 888. The van der Waals surface area contributed by atoms with Crippen LogP contribution in [0.5, 0.6) is 0 Å². The van der Waals surface area contributed by atoms with Gasteiger partial charge in [-0.2, -0.15) is 4.72 Å². The monoisotopic (exact) mass is 384 g/mol. The fraction of sp³-hybridized carbons (Fsp3) is 0.133. The normalized spacial score (nSPS) is 13.8. The van der Waals surface area contributed by atoms with Crippen LogP contribution < -0.4 is 4.72 Å². The molecule has 2 unspecified atom stereocenters. The Balaban J connectivity index is 2.34. The number of halogens is 1. The van der Waals surface area contributed by atoms with Crippen molar-refractivity contribution < 1.29 is 23.2 Å². The minimum absolute atomic E-state index is 0.415. The molecular weight excluding hydrogens is 372 g/mol. The number of alkyl halides is 1. The van der Waals surface area contributed by atoms with Gasteiger partial charge >= 0.3 is 5.97 Å². The second-order valence-corrected chi connectivity index (χ2v) is 7.19. The Morgan fingerprint density at radius 1 is 1.16 bits per heavy atom. The van der Waals surface area contributed by atoms with Crippen LogP contribution in [0.2, 0.25) is 0 Å². The Morgan fingerprint density at radius 2 is 1.80 bits per heavy atom. The average Bonchev–Trinajstić information content (AvgIpc) is 2.59. The van der Waals surface area contributed by atoms with E-state index in [-0.39, 0.29) is 0 Å². The summed E-state index contributed by atoms with van der Waals surface area (Å²) in [7, 11) is -4.33. The summed E-state index contributed by atoms with van der Waals surface area (Å²) in [5, 5.41) is 18.9. The zero-order chi connectivity index (χ0) is 18.6. The molecule has 132 valence electrons. The highest BCUT2D eigenvalue weighted by molar-refractivity contribution is 7.89. The summed E-state index contributed by atoms with van der Waals surface area (Å²) in [5.41, 5.74) is -0.0152. The first-order valence-corrected chi connectivity index (χ1v) is 8.83. The quantitative estimate of drug-likeness (QED) is 0.428. The molecule has 10 heteroatoms. The average molecular weight is 385 g/mol. The molecule has 0 aliphatic heterocycles. The van der Waals surface area contributed by atoms with Crippen molar-refractivity contribution in [3.8, 4) is 0 Å². The molecule has 2 aromatic rings. The lowest BCUT2D eigenvalue weighted by molar-refractivity contribution is -0.385. The lowest BCUT2D eigenvalue weighted by atomic mass is 10.1. The summed E-state index contributed by atoms with van der Waals surface area (Å²) in [5.74, 6) is -1.47. The highest BCUT2D eigenvalue weighted by Crippen LogP contribution is 2.26. The second kappa shape index (κ2) is 7.60. The summed E-state index contributed by atoms with van der Waals surface area (Å²) in [6.07, 6.45) is 0. The maximum atomic E-state index is 12.4. The van der Waals surface area contributed by atoms with Gasteiger partial charge in [0.05, 0.1) is 15.2 Å². The number of nitrogens with zero attached hydrogens (tertiary/aromatic N) is 1. The van der Waals surface area contributed by atoms with Crippen LogP contribution >= 0.6 is 11.6 Å². The second-order valence-electron chi connectivity index (χ2n) is 5.00. The minimum Gasteiger partial charge on any atom is -0.480 e. The van der Waals surface area contributed by atoms with Crippen LogP contribution in [0.25, 0.3) is 0 Å². The van der Waals surface area contributed by atoms with Gasteiger partial charge in [-0.25, -0.2) is 8.42 Å². The van der Waals surface area contributed by atoms with Crippen LogP contribution in [0.3, 0.4) is 0 Å². The third-order valence-corrected chi connectivity index (χ3v) is 5.24. The number of rotatable bonds is 7. The maximum absolute atomic E-state index is 12.4. The topological polar surface area (TPSA) is 127 Å². The zero-order valence-corrected chi connectivity index (χ0v) is 14.1. The Kier molecular flexibility index (Phi) is 5.73. The molecule has 8 nitrogen and oxygen atoms in total. The van der Waals surface area contributed by atoms with Gasteiger partial charge in [0.1, 0.15) is 6.04 Å². The summed E-state index contributed by atoms with van der Waals surface area (Å²) < 4.78 is 26.8. The lowest BCUT2D eigenvalue weighted by Crippen LogP contribution is -2.43. The molecule has 0 heterocycles. The van der Waals surface area contributed by atoms with Gasteiger partial charge in [0.15, 0.2) is 0 Å². The maximum Gasteiger partial charge on any atom is 0.323 e. The number of nitrogens with one attached hydrogen (secondary N) is 1. The lowest BCUT2D eigenvalue weighted by Gasteiger charge is -2.20. The number of nitro groups is 1. The summed E-state index contributed by atoms with van der Waals surface area (Å²) in [6.45, 7) is 0. The standard InChI is InChI=1S/C15H13ClN2O6S/c16-13(10-5-2-1-3-6-10)14(15(19)20)17-25(23,24)12-8-4-7-11(9-12)18(21)22/h1-9,13-14,17H,(H,19,20). The Morgan fingerprint density at radius 3 is 2.36 bits per heavy atom. The largest absolute Gasteiger partial charge is 0.480 e. The predicted octanol–water partition coefficient (Wildman–Crippen LogP) is 2.31. The molecule has 0 fully saturated rings. The molecule has 0 radical (unpaired) electrons. The number of carboxylic acids is 1. The molecule has 0 saturated heterocycles. The number of benzene rings is 2. The van der Waals surface area contributed by atoms with Gasteiger partial charge in [0, 0.05) is 12.1 Å². The Hall–Kier alpha value is -2.49. The molecule has 2 atom stereocenters.